The van der Waals surface area contributed by atoms with Crippen molar-refractivity contribution in [3.63, 3.8) is 0 Å². The summed E-state index contributed by atoms with van der Waals surface area (Å²) in [4.78, 5) is 15.5. The highest BCUT2D eigenvalue weighted by Gasteiger charge is 2.31. The highest BCUT2D eigenvalue weighted by atomic mass is 19.1. The lowest BCUT2D eigenvalue weighted by atomic mass is 10.4. The molecule has 1 saturated carbocycles. The van der Waals surface area contributed by atoms with Gasteiger partial charge in [-0.2, -0.15) is 5.10 Å². The molecule has 0 spiro atoms. The number of carbonyl (C=O) groups excluding carboxylic acids is 1. The Balaban J connectivity index is 1.74. The summed E-state index contributed by atoms with van der Waals surface area (Å²) < 4.78 is 19.2. The third-order valence-electron chi connectivity index (χ3n) is 2.64. The van der Waals surface area contributed by atoms with Crippen molar-refractivity contribution < 1.29 is 13.9 Å². The molecule has 5 nitrogen and oxygen atoms in total. The van der Waals surface area contributed by atoms with Gasteiger partial charge in [0.2, 0.25) is 0 Å². The van der Waals surface area contributed by atoms with E-state index < -0.39 is 5.82 Å². The second-order valence-corrected chi connectivity index (χ2v) is 4.15. The summed E-state index contributed by atoms with van der Waals surface area (Å²) in [6.45, 7) is 0. The van der Waals surface area contributed by atoms with E-state index in [0.29, 0.717) is 11.6 Å². The third-order valence-corrected chi connectivity index (χ3v) is 2.64. The quantitative estimate of drug-likeness (QED) is 0.775. The summed E-state index contributed by atoms with van der Waals surface area (Å²) in [6, 6.07) is 3.23. The van der Waals surface area contributed by atoms with E-state index in [2.05, 4.69) is 10.1 Å². The molecular weight excluding hydrogens is 237 g/mol. The number of hydrogen-bond acceptors (Lipinski definition) is 4. The molecule has 6 heteroatoms. The molecule has 0 N–H and O–H groups in total. The number of halogens is 1. The Bertz CT molecular complexity index is 575. The van der Waals surface area contributed by atoms with Gasteiger partial charge in [0.05, 0.1) is 24.5 Å². The third kappa shape index (κ3) is 2.22. The van der Waals surface area contributed by atoms with Crippen LogP contribution in [0.5, 0.6) is 5.75 Å². The maximum Gasteiger partial charge on any atom is 0.314 e. The van der Waals surface area contributed by atoms with Gasteiger partial charge >= 0.3 is 5.97 Å². The van der Waals surface area contributed by atoms with Gasteiger partial charge in [-0.15, -0.1) is 0 Å². The predicted molar refractivity (Wildman–Crippen MR) is 59.7 cm³/mol. The standard InChI is InChI=1S/C12H10FN3O2/c13-9-5-15-16(7-9)11-4-3-10(6-14-11)18-12(17)8-1-2-8/h3-8H,1-2H2. The van der Waals surface area contributed by atoms with Crippen molar-refractivity contribution in [3.05, 3.63) is 36.5 Å². The Kier molecular flexibility index (Phi) is 2.55. The molecule has 2 aromatic rings. The molecule has 1 aliphatic rings. The van der Waals surface area contributed by atoms with Gasteiger partial charge in [-0.05, 0) is 25.0 Å². The van der Waals surface area contributed by atoms with Crippen LogP contribution in [0.1, 0.15) is 12.8 Å². The van der Waals surface area contributed by atoms with Gasteiger partial charge < -0.3 is 4.74 Å². The van der Waals surface area contributed by atoms with Crippen LogP contribution < -0.4 is 4.74 Å². The smallest absolute Gasteiger partial charge is 0.314 e. The molecule has 1 aliphatic carbocycles. The first-order valence-corrected chi connectivity index (χ1v) is 5.61. The zero-order chi connectivity index (χ0) is 12.5. The Labute approximate surface area is 102 Å². The zero-order valence-electron chi connectivity index (χ0n) is 9.41. The van der Waals surface area contributed by atoms with Crippen LogP contribution in [-0.4, -0.2) is 20.7 Å². The molecule has 18 heavy (non-hydrogen) atoms. The van der Waals surface area contributed by atoms with E-state index in [9.17, 15) is 9.18 Å². The van der Waals surface area contributed by atoms with Crippen LogP contribution in [0.25, 0.3) is 5.82 Å². The van der Waals surface area contributed by atoms with E-state index in [1.54, 1.807) is 12.1 Å². The van der Waals surface area contributed by atoms with E-state index in [1.807, 2.05) is 0 Å². The Morgan fingerprint density at radius 2 is 2.22 bits per heavy atom. The van der Waals surface area contributed by atoms with Gasteiger partial charge in [0.15, 0.2) is 11.6 Å². The highest BCUT2D eigenvalue weighted by molar-refractivity contribution is 5.77. The lowest BCUT2D eigenvalue weighted by Gasteiger charge is -2.04. The van der Waals surface area contributed by atoms with Crippen LogP contribution in [0.2, 0.25) is 0 Å². The lowest BCUT2D eigenvalue weighted by Crippen LogP contribution is -2.10. The number of hydrogen-bond donors (Lipinski definition) is 0. The largest absolute Gasteiger partial charge is 0.425 e. The van der Waals surface area contributed by atoms with Crippen LogP contribution in [-0.2, 0) is 4.79 Å². The Morgan fingerprint density at radius 3 is 2.78 bits per heavy atom. The van der Waals surface area contributed by atoms with Crippen molar-refractivity contribution in [2.45, 2.75) is 12.8 Å². The number of pyridine rings is 1. The zero-order valence-corrected chi connectivity index (χ0v) is 9.41. The van der Waals surface area contributed by atoms with Crippen LogP contribution in [0.4, 0.5) is 4.39 Å². The van der Waals surface area contributed by atoms with Gasteiger partial charge in [-0.25, -0.2) is 14.1 Å². The number of aromatic nitrogens is 3. The molecule has 0 radical (unpaired) electrons. The second-order valence-electron chi connectivity index (χ2n) is 4.15. The van der Waals surface area contributed by atoms with Crippen LogP contribution in [0.3, 0.4) is 0 Å². The molecule has 0 atom stereocenters. The Morgan fingerprint density at radius 1 is 1.39 bits per heavy atom. The maximum absolute atomic E-state index is 12.8. The van der Waals surface area contributed by atoms with E-state index >= 15 is 0 Å². The van der Waals surface area contributed by atoms with E-state index in [0.717, 1.165) is 19.0 Å². The highest BCUT2D eigenvalue weighted by Crippen LogP contribution is 2.30. The first-order chi connectivity index (χ1) is 8.72. The Hall–Kier alpha value is -2.24. The number of nitrogens with zero attached hydrogens (tertiary/aromatic N) is 3. The molecule has 0 bridgehead atoms. The van der Waals surface area contributed by atoms with Gasteiger partial charge in [-0.1, -0.05) is 0 Å². The molecule has 0 amide bonds. The maximum atomic E-state index is 12.8. The molecule has 0 saturated heterocycles. The van der Waals surface area contributed by atoms with Crippen molar-refractivity contribution in [1.29, 1.82) is 0 Å². The average molecular weight is 247 g/mol. The van der Waals surface area contributed by atoms with Crippen molar-refractivity contribution in [2.75, 3.05) is 0 Å². The SMILES string of the molecule is O=C(Oc1ccc(-n2cc(F)cn2)nc1)C1CC1. The molecule has 1 fully saturated rings. The summed E-state index contributed by atoms with van der Waals surface area (Å²) >= 11 is 0. The fourth-order valence-electron chi connectivity index (χ4n) is 1.51. The minimum Gasteiger partial charge on any atom is -0.425 e. The molecule has 0 unspecified atom stereocenters. The second kappa shape index (κ2) is 4.21. The monoisotopic (exact) mass is 247 g/mol. The molecule has 0 aliphatic heterocycles. The average Bonchev–Trinajstić information content (AvgIpc) is 3.13. The number of carbonyl (C=O) groups is 1. The van der Waals surface area contributed by atoms with Crippen molar-refractivity contribution in [1.82, 2.24) is 14.8 Å². The molecule has 2 heterocycles. The fourth-order valence-corrected chi connectivity index (χ4v) is 1.51. The number of esters is 1. The minimum absolute atomic E-state index is 0.0462. The molecule has 2 aromatic heterocycles. The first-order valence-electron chi connectivity index (χ1n) is 5.61. The van der Waals surface area contributed by atoms with E-state index in [1.165, 1.54) is 17.1 Å². The van der Waals surface area contributed by atoms with Crippen molar-refractivity contribution in [3.8, 4) is 11.6 Å². The minimum atomic E-state index is -0.430. The summed E-state index contributed by atoms with van der Waals surface area (Å²) in [7, 11) is 0. The van der Waals surface area contributed by atoms with E-state index in [-0.39, 0.29) is 11.9 Å². The fraction of sp³-hybridized carbons (Fsp3) is 0.250. The normalized spacial score (nSPS) is 14.5. The molecule has 0 aromatic carbocycles. The van der Waals surface area contributed by atoms with Gasteiger partial charge in [0, 0.05) is 0 Å². The van der Waals surface area contributed by atoms with E-state index in [4.69, 9.17) is 4.74 Å². The summed E-state index contributed by atoms with van der Waals surface area (Å²) in [5.74, 6) is 0.258. The van der Waals surface area contributed by atoms with Crippen LogP contribution in [0, 0.1) is 11.7 Å². The summed E-state index contributed by atoms with van der Waals surface area (Å²) in [6.07, 6.45) is 5.55. The molecule has 92 valence electrons. The molecular formula is C12H10FN3O2. The topological polar surface area (TPSA) is 57.0 Å². The van der Waals surface area contributed by atoms with Crippen LogP contribution in [0.15, 0.2) is 30.7 Å². The number of rotatable bonds is 3. The van der Waals surface area contributed by atoms with Crippen LogP contribution >= 0.6 is 0 Å². The summed E-state index contributed by atoms with van der Waals surface area (Å²) in [5, 5.41) is 3.79. The van der Waals surface area contributed by atoms with Gasteiger partial charge in [-0.3, -0.25) is 4.79 Å². The van der Waals surface area contributed by atoms with Crippen molar-refractivity contribution >= 4 is 5.97 Å². The van der Waals surface area contributed by atoms with Crippen molar-refractivity contribution in [2.24, 2.45) is 5.92 Å². The first kappa shape index (κ1) is 10.9. The lowest BCUT2D eigenvalue weighted by molar-refractivity contribution is -0.135. The number of ether oxygens (including phenoxy) is 1. The van der Waals surface area contributed by atoms with Gasteiger partial charge in [0.25, 0.3) is 0 Å². The van der Waals surface area contributed by atoms with Gasteiger partial charge in [0.1, 0.15) is 5.75 Å². The molecule has 3 rings (SSSR count). The predicted octanol–water partition coefficient (Wildman–Crippen LogP) is 1.72. The summed E-state index contributed by atoms with van der Waals surface area (Å²) in [5.41, 5.74) is 0.